The molecule has 2 rings (SSSR count). The summed E-state index contributed by atoms with van der Waals surface area (Å²) in [7, 11) is 0. The van der Waals surface area contributed by atoms with E-state index in [-0.39, 0.29) is 17.8 Å². The fourth-order valence-corrected chi connectivity index (χ4v) is 3.24. The smallest absolute Gasteiger partial charge is 0.129 e. The van der Waals surface area contributed by atoms with Gasteiger partial charge in [-0.15, -0.1) is 0 Å². The second-order valence-electron chi connectivity index (χ2n) is 7.27. The van der Waals surface area contributed by atoms with Crippen molar-refractivity contribution in [2.24, 2.45) is 5.41 Å². The molecule has 1 aliphatic rings. The molecule has 0 amide bonds. The van der Waals surface area contributed by atoms with Crippen LogP contribution in [0.1, 0.15) is 38.7 Å². The SMILES string of the molecule is CC(C)(CCO)CNC1CCN(Cc2c(F)cccc2Cl)CC1. The number of hydrogen-bond donors (Lipinski definition) is 2. The zero-order chi connectivity index (χ0) is 16.9. The minimum Gasteiger partial charge on any atom is -0.396 e. The molecule has 0 bridgehead atoms. The van der Waals surface area contributed by atoms with Gasteiger partial charge in [0, 0.05) is 36.3 Å². The third-order valence-electron chi connectivity index (χ3n) is 4.69. The van der Waals surface area contributed by atoms with Crippen molar-refractivity contribution in [2.75, 3.05) is 26.2 Å². The summed E-state index contributed by atoms with van der Waals surface area (Å²) in [5.74, 6) is -0.219. The highest BCUT2D eigenvalue weighted by molar-refractivity contribution is 6.31. The second kappa shape index (κ2) is 8.43. The van der Waals surface area contributed by atoms with Crippen molar-refractivity contribution in [1.29, 1.82) is 0 Å². The van der Waals surface area contributed by atoms with Crippen molar-refractivity contribution < 1.29 is 9.50 Å². The van der Waals surface area contributed by atoms with Crippen LogP contribution in [0.3, 0.4) is 0 Å². The Morgan fingerprint density at radius 1 is 1.35 bits per heavy atom. The highest BCUT2D eigenvalue weighted by Crippen LogP contribution is 2.23. The average molecular weight is 343 g/mol. The maximum absolute atomic E-state index is 13.9. The summed E-state index contributed by atoms with van der Waals surface area (Å²) in [5, 5.41) is 13.2. The maximum atomic E-state index is 13.9. The first kappa shape index (κ1) is 18.7. The van der Waals surface area contributed by atoms with Crippen LogP contribution in [0.5, 0.6) is 0 Å². The van der Waals surface area contributed by atoms with Gasteiger partial charge in [0.15, 0.2) is 0 Å². The summed E-state index contributed by atoms with van der Waals surface area (Å²) in [6.07, 6.45) is 2.92. The van der Waals surface area contributed by atoms with Crippen molar-refractivity contribution in [1.82, 2.24) is 10.2 Å². The largest absolute Gasteiger partial charge is 0.396 e. The number of aliphatic hydroxyl groups is 1. The third-order valence-corrected chi connectivity index (χ3v) is 5.04. The summed E-state index contributed by atoms with van der Waals surface area (Å²) in [6.45, 7) is 7.96. The van der Waals surface area contributed by atoms with E-state index in [0.29, 0.717) is 23.2 Å². The summed E-state index contributed by atoms with van der Waals surface area (Å²) in [4.78, 5) is 2.27. The monoisotopic (exact) mass is 342 g/mol. The van der Waals surface area contributed by atoms with Crippen molar-refractivity contribution in [3.63, 3.8) is 0 Å². The summed E-state index contributed by atoms with van der Waals surface area (Å²) >= 11 is 6.11. The molecule has 0 unspecified atom stereocenters. The predicted molar refractivity (Wildman–Crippen MR) is 93.2 cm³/mol. The van der Waals surface area contributed by atoms with Crippen LogP contribution in [0.2, 0.25) is 5.02 Å². The highest BCUT2D eigenvalue weighted by Gasteiger charge is 2.23. The van der Waals surface area contributed by atoms with Gasteiger partial charge < -0.3 is 10.4 Å². The van der Waals surface area contributed by atoms with Gasteiger partial charge in [0.25, 0.3) is 0 Å². The van der Waals surface area contributed by atoms with Gasteiger partial charge in [-0.25, -0.2) is 4.39 Å². The van der Waals surface area contributed by atoms with Crippen LogP contribution >= 0.6 is 11.6 Å². The van der Waals surface area contributed by atoms with Crippen LogP contribution in [0.15, 0.2) is 18.2 Å². The highest BCUT2D eigenvalue weighted by atomic mass is 35.5. The first-order valence-corrected chi connectivity index (χ1v) is 8.78. The summed E-state index contributed by atoms with van der Waals surface area (Å²) < 4.78 is 13.9. The van der Waals surface area contributed by atoms with Crippen LogP contribution in [0, 0.1) is 11.2 Å². The normalized spacial score (nSPS) is 17.6. The molecule has 3 nitrogen and oxygen atoms in total. The average Bonchev–Trinajstić information content (AvgIpc) is 2.50. The quantitative estimate of drug-likeness (QED) is 0.796. The van der Waals surface area contributed by atoms with E-state index in [9.17, 15) is 4.39 Å². The number of nitrogens with one attached hydrogen (secondary N) is 1. The van der Waals surface area contributed by atoms with E-state index >= 15 is 0 Å². The molecule has 1 saturated heterocycles. The van der Waals surface area contributed by atoms with Gasteiger partial charge in [0.05, 0.1) is 0 Å². The molecule has 1 aromatic carbocycles. The molecule has 0 radical (unpaired) electrons. The van der Waals surface area contributed by atoms with E-state index in [2.05, 4.69) is 24.1 Å². The van der Waals surface area contributed by atoms with Crippen LogP contribution in [-0.4, -0.2) is 42.3 Å². The number of halogens is 2. The maximum Gasteiger partial charge on any atom is 0.129 e. The Hall–Kier alpha value is -0.680. The molecular formula is C18H28ClFN2O. The van der Waals surface area contributed by atoms with Gasteiger partial charge in [-0.3, -0.25) is 4.90 Å². The van der Waals surface area contributed by atoms with Gasteiger partial charge >= 0.3 is 0 Å². The number of benzene rings is 1. The molecule has 0 atom stereocenters. The van der Waals surface area contributed by atoms with Crippen LogP contribution in [-0.2, 0) is 6.54 Å². The van der Waals surface area contributed by atoms with E-state index in [0.717, 1.165) is 38.9 Å². The molecular weight excluding hydrogens is 315 g/mol. The minimum absolute atomic E-state index is 0.118. The number of piperidine rings is 1. The van der Waals surface area contributed by atoms with Gasteiger partial charge in [-0.1, -0.05) is 31.5 Å². The number of rotatable bonds is 7. The molecule has 0 aromatic heterocycles. The van der Waals surface area contributed by atoms with E-state index < -0.39 is 0 Å². The lowest BCUT2D eigenvalue weighted by atomic mass is 9.89. The Kier molecular flexibility index (Phi) is 6.84. The predicted octanol–water partition coefficient (Wildman–Crippen LogP) is 3.44. The van der Waals surface area contributed by atoms with E-state index in [1.807, 2.05) is 0 Å². The first-order valence-electron chi connectivity index (χ1n) is 8.41. The van der Waals surface area contributed by atoms with E-state index in [4.69, 9.17) is 16.7 Å². The fraction of sp³-hybridized carbons (Fsp3) is 0.667. The standard InChI is InChI=1S/C18H28ClFN2O/c1-18(2,8-11-23)13-21-14-6-9-22(10-7-14)12-15-16(19)4-3-5-17(15)20/h3-5,14,21,23H,6-13H2,1-2H3. The molecule has 23 heavy (non-hydrogen) atoms. The topological polar surface area (TPSA) is 35.5 Å². The van der Waals surface area contributed by atoms with Gasteiger partial charge in [0.1, 0.15) is 5.82 Å². The lowest BCUT2D eigenvalue weighted by molar-refractivity contribution is 0.167. The van der Waals surface area contributed by atoms with Crippen LogP contribution in [0.25, 0.3) is 0 Å². The molecule has 0 saturated carbocycles. The van der Waals surface area contributed by atoms with Crippen molar-refractivity contribution in [2.45, 2.75) is 45.7 Å². The van der Waals surface area contributed by atoms with Gasteiger partial charge in [-0.2, -0.15) is 0 Å². The Balaban J connectivity index is 1.78. The van der Waals surface area contributed by atoms with Gasteiger partial charge in [0.2, 0.25) is 0 Å². The fourth-order valence-electron chi connectivity index (χ4n) is 3.01. The number of hydrogen-bond acceptors (Lipinski definition) is 3. The zero-order valence-electron chi connectivity index (χ0n) is 14.1. The van der Waals surface area contributed by atoms with E-state index in [1.165, 1.54) is 6.07 Å². The molecule has 0 spiro atoms. The summed E-state index contributed by atoms with van der Waals surface area (Å²) in [5.41, 5.74) is 0.719. The Morgan fingerprint density at radius 2 is 2.04 bits per heavy atom. The zero-order valence-corrected chi connectivity index (χ0v) is 14.9. The first-order chi connectivity index (χ1) is 10.9. The minimum atomic E-state index is -0.219. The van der Waals surface area contributed by atoms with E-state index in [1.54, 1.807) is 12.1 Å². The molecule has 5 heteroatoms. The van der Waals surface area contributed by atoms with Crippen molar-refractivity contribution >= 4 is 11.6 Å². The van der Waals surface area contributed by atoms with Crippen LogP contribution in [0.4, 0.5) is 4.39 Å². The van der Waals surface area contributed by atoms with Crippen molar-refractivity contribution in [3.8, 4) is 0 Å². The number of nitrogens with zero attached hydrogens (tertiary/aromatic N) is 1. The second-order valence-corrected chi connectivity index (χ2v) is 7.68. The molecule has 1 aliphatic heterocycles. The molecule has 130 valence electrons. The molecule has 1 fully saturated rings. The molecule has 1 aromatic rings. The Bertz CT molecular complexity index is 482. The lowest BCUT2D eigenvalue weighted by Crippen LogP contribution is -2.45. The Morgan fingerprint density at radius 3 is 2.65 bits per heavy atom. The number of likely N-dealkylation sites (tertiary alicyclic amines) is 1. The third kappa shape index (κ3) is 5.71. The van der Waals surface area contributed by atoms with Crippen LogP contribution < -0.4 is 5.32 Å². The molecule has 2 N–H and O–H groups in total. The van der Waals surface area contributed by atoms with Gasteiger partial charge in [-0.05, 0) is 49.9 Å². The molecule has 1 heterocycles. The van der Waals surface area contributed by atoms with Crippen molar-refractivity contribution in [3.05, 3.63) is 34.6 Å². The number of aliphatic hydroxyl groups excluding tert-OH is 1. The lowest BCUT2D eigenvalue weighted by Gasteiger charge is -2.35. The molecule has 0 aliphatic carbocycles. The summed E-state index contributed by atoms with van der Waals surface area (Å²) in [6, 6.07) is 5.36. The Labute approximate surface area is 143 Å².